The lowest BCUT2D eigenvalue weighted by atomic mass is 9.56. The molecule has 2 rings (SSSR count). The molecule has 0 N–H and O–H groups in total. The van der Waals surface area contributed by atoms with Crippen LogP contribution in [0.4, 0.5) is 0 Å². The van der Waals surface area contributed by atoms with Crippen molar-refractivity contribution in [1.82, 2.24) is 0 Å². The molecule has 1 saturated carbocycles. The maximum atomic E-state index is 4.82. The molecule has 0 aliphatic heterocycles. The van der Waals surface area contributed by atoms with Gasteiger partial charge in [0.15, 0.2) is 7.28 Å². The summed E-state index contributed by atoms with van der Waals surface area (Å²) in [7, 11) is 2.39. The number of allylic oxidation sites excluding steroid dienone is 2. The Kier molecular flexibility index (Phi) is 23.5. The second-order valence-electron chi connectivity index (χ2n) is 18.9. The zero-order valence-electron chi connectivity index (χ0n) is 36.8. The summed E-state index contributed by atoms with van der Waals surface area (Å²) < 4.78 is -0.0121. The maximum Gasteiger partial charge on any atom is 0.152 e. The molecule has 0 heterocycles. The molecule has 0 saturated heterocycles. The third kappa shape index (κ3) is 18.4. The summed E-state index contributed by atoms with van der Waals surface area (Å²) in [5.41, 5.74) is 6.70. The first-order chi connectivity index (χ1) is 22.3. The second-order valence-corrected chi connectivity index (χ2v) is 20.0. The Morgan fingerprint density at radius 3 is 1.67 bits per heavy atom. The fourth-order valence-electron chi connectivity index (χ4n) is 7.36. The molecule has 1 aromatic rings. The van der Waals surface area contributed by atoms with E-state index in [1.807, 2.05) is 6.92 Å². The highest BCUT2D eigenvalue weighted by Crippen LogP contribution is 2.43. The van der Waals surface area contributed by atoms with Crippen LogP contribution >= 0.6 is 12.6 Å². The van der Waals surface area contributed by atoms with Crippen molar-refractivity contribution in [3.8, 4) is 0 Å². The molecule has 1 radical (unpaired) electrons. The van der Waals surface area contributed by atoms with E-state index in [1.54, 1.807) is 6.08 Å². The lowest BCUT2D eigenvalue weighted by molar-refractivity contribution is 0.191. The number of hydrogen-bond donors (Lipinski definition) is 1. The van der Waals surface area contributed by atoms with Crippen molar-refractivity contribution in [3.63, 3.8) is 0 Å². The molecule has 0 spiro atoms. The van der Waals surface area contributed by atoms with Gasteiger partial charge < -0.3 is 0 Å². The number of thiol groups is 1. The zero-order valence-corrected chi connectivity index (χ0v) is 37.7. The van der Waals surface area contributed by atoms with Gasteiger partial charge in [-0.2, -0.15) is 12.6 Å². The van der Waals surface area contributed by atoms with Crippen molar-refractivity contribution in [2.75, 3.05) is 0 Å². The molecule has 1 aromatic carbocycles. The van der Waals surface area contributed by atoms with Crippen molar-refractivity contribution in [2.24, 2.45) is 34.0 Å². The minimum atomic E-state index is -0.0121. The van der Waals surface area contributed by atoms with Gasteiger partial charge in [0.05, 0.1) is 0 Å². The van der Waals surface area contributed by atoms with Crippen LogP contribution in [0.15, 0.2) is 43.0 Å². The summed E-state index contributed by atoms with van der Waals surface area (Å²) in [5, 5.41) is 0. The topological polar surface area (TPSA) is 0 Å². The molecule has 0 bridgehead atoms. The van der Waals surface area contributed by atoms with Gasteiger partial charge >= 0.3 is 0 Å². The Balaban J connectivity index is 0. The fourth-order valence-corrected chi connectivity index (χ4v) is 7.45. The van der Waals surface area contributed by atoms with E-state index in [1.165, 1.54) is 86.4 Å². The van der Waals surface area contributed by atoms with Crippen molar-refractivity contribution in [3.05, 3.63) is 54.1 Å². The summed E-state index contributed by atoms with van der Waals surface area (Å²) in [6.45, 7) is 48.9. The highest BCUT2D eigenvalue weighted by Gasteiger charge is 2.35. The van der Waals surface area contributed by atoms with Gasteiger partial charge in [-0.25, -0.2) is 0 Å². The van der Waals surface area contributed by atoms with Gasteiger partial charge in [0.1, 0.15) is 0 Å². The first-order valence-electron chi connectivity index (χ1n) is 20.2. The molecular formula is C47H88BS. The lowest BCUT2D eigenvalue weighted by Crippen LogP contribution is -2.36. The molecule has 1 aliphatic rings. The molecule has 0 nitrogen and oxygen atoms in total. The van der Waals surface area contributed by atoms with E-state index in [0.29, 0.717) is 10.8 Å². The van der Waals surface area contributed by atoms with Crippen molar-refractivity contribution in [1.29, 1.82) is 0 Å². The van der Waals surface area contributed by atoms with Crippen LogP contribution in [0.1, 0.15) is 193 Å². The Bertz CT molecular complexity index is 1030. The Hall–Kier alpha value is -0.885. The zero-order chi connectivity index (χ0) is 38.9. The average molecular weight is 696 g/mol. The van der Waals surface area contributed by atoms with E-state index in [0.717, 1.165) is 24.1 Å². The first-order valence-corrected chi connectivity index (χ1v) is 20.7. The van der Waals surface area contributed by atoms with Crippen molar-refractivity contribution < 1.29 is 0 Å². The van der Waals surface area contributed by atoms with Crippen LogP contribution in [0, 0.1) is 40.9 Å². The third-order valence-electron chi connectivity index (χ3n) is 11.9. The monoisotopic (exact) mass is 696 g/mol. The van der Waals surface area contributed by atoms with Crippen LogP contribution in [0.25, 0.3) is 0 Å². The molecular weight excluding hydrogens is 607 g/mol. The molecule has 0 amide bonds. The Labute approximate surface area is 317 Å². The standard InChI is InChI=1S/C28H48BS.C10H22.C6H12.C3H6/c1-12-16-28(21(2)3,18-13-17-25(5,6)7)24-15-14-23(19-22(24)4)29-20-26(8,9)27(10,11)30;1-6-9(7-2)10(4,5)8-3;1-5-3-6(2)4-5;1-3-2/h14-15,19,30H,2,12-13,16-18,20H2,1,3-11H3;9H,6-8H2,1-5H3;5-6H,3-4H2,1-2H3;3H,1H2,2H3. The van der Waals surface area contributed by atoms with E-state index >= 15 is 0 Å². The summed E-state index contributed by atoms with van der Waals surface area (Å²) in [6.07, 6.45) is 15.7. The Morgan fingerprint density at radius 1 is 0.898 bits per heavy atom. The highest BCUT2D eigenvalue weighted by atomic mass is 32.1. The van der Waals surface area contributed by atoms with E-state index < -0.39 is 0 Å². The quantitative estimate of drug-likeness (QED) is 0.105. The Morgan fingerprint density at radius 2 is 1.39 bits per heavy atom. The molecule has 0 aromatic heterocycles. The van der Waals surface area contributed by atoms with Crippen LogP contribution in [0.5, 0.6) is 0 Å². The molecule has 49 heavy (non-hydrogen) atoms. The first kappa shape index (κ1) is 50.2. The number of benzene rings is 1. The van der Waals surface area contributed by atoms with Crippen LogP contribution in [0.3, 0.4) is 0 Å². The van der Waals surface area contributed by atoms with Gasteiger partial charge in [-0.15, -0.1) is 6.58 Å². The minimum absolute atomic E-state index is 0.0121. The predicted molar refractivity (Wildman–Crippen MR) is 235 cm³/mol. The predicted octanol–water partition coefficient (Wildman–Crippen LogP) is 15.4. The van der Waals surface area contributed by atoms with Gasteiger partial charge in [0.2, 0.25) is 0 Å². The number of hydrogen-bond acceptors (Lipinski definition) is 1. The lowest BCUT2D eigenvalue weighted by Gasteiger charge is -2.39. The van der Waals surface area contributed by atoms with Crippen molar-refractivity contribution in [2.45, 2.75) is 205 Å². The normalized spacial score (nSPS) is 17.6. The van der Waals surface area contributed by atoms with E-state index in [-0.39, 0.29) is 15.6 Å². The molecule has 1 fully saturated rings. The average Bonchev–Trinajstić information content (AvgIpc) is 2.95. The molecule has 1 aliphatic carbocycles. The van der Waals surface area contributed by atoms with Crippen molar-refractivity contribution >= 4 is 25.4 Å². The highest BCUT2D eigenvalue weighted by molar-refractivity contribution is 7.81. The number of aryl methyl sites for hydroxylation is 1. The second kappa shape index (κ2) is 22.9. The van der Waals surface area contributed by atoms with Crippen LogP contribution in [0.2, 0.25) is 6.32 Å². The van der Waals surface area contributed by atoms with E-state index in [4.69, 9.17) is 12.6 Å². The van der Waals surface area contributed by atoms with Crippen LogP contribution in [-0.4, -0.2) is 12.0 Å². The maximum absolute atomic E-state index is 4.82. The van der Waals surface area contributed by atoms with Gasteiger partial charge in [-0.05, 0) is 98.0 Å². The number of rotatable bonds is 15. The van der Waals surface area contributed by atoms with E-state index in [9.17, 15) is 0 Å². The summed E-state index contributed by atoms with van der Waals surface area (Å²) in [5.74, 6) is 3.00. The largest absolute Gasteiger partial charge is 0.173 e. The van der Waals surface area contributed by atoms with Crippen LogP contribution in [-0.2, 0) is 5.41 Å². The van der Waals surface area contributed by atoms with Gasteiger partial charge in [-0.3, -0.25) is 0 Å². The molecule has 1 unspecified atom stereocenters. The van der Waals surface area contributed by atoms with E-state index in [2.05, 4.69) is 156 Å². The SMILES string of the molecule is C=C(C)C(CCC)(CCCC(C)(C)C)c1ccc([B]CC(C)(C)C(C)(C)S)cc1C.C=CC.CC1CC(C)C1.CCC(CC)C(C)(C)CC. The third-order valence-corrected chi connectivity index (χ3v) is 12.5. The molecule has 1 atom stereocenters. The fraction of sp³-hybridized carbons (Fsp3) is 0.787. The minimum Gasteiger partial charge on any atom is -0.173 e. The smallest absolute Gasteiger partial charge is 0.152 e. The molecule has 2 heteroatoms. The van der Waals surface area contributed by atoms with Crippen LogP contribution < -0.4 is 5.46 Å². The van der Waals surface area contributed by atoms with Gasteiger partial charge in [0.25, 0.3) is 0 Å². The summed E-state index contributed by atoms with van der Waals surface area (Å²) in [6, 6.07) is 7.09. The molecule has 285 valence electrons. The van der Waals surface area contributed by atoms with Gasteiger partial charge in [0, 0.05) is 10.2 Å². The summed E-state index contributed by atoms with van der Waals surface area (Å²) >= 11 is 4.82. The summed E-state index contributed by atoms with van der Waals surface area (Å²) in [4.78, 5) is 0. The van der Waals surface area contributed by atoms with Gasteiger partial charge in [-0.1, -0.05) is 184 Å².